The summed E-state index contributed by atoms with van der Waals surface area (Å²) in [4.78, 5) is 31.6. The first-order valence-electron chi connectivity index (χ1n) is 11.5. The number of halogens is 1. The van der Waals surface area contributed by atoms with Crippen molar-refractivity contribution in [2.24, 2.45) is 5.92 Å². The van der Waals surface area contributed by atoms with Crippen molar-refractivity contribution < 1.29 is 9.59 Å². The number of hydrogen-bond acceptors (Lipinski definition) is 4. The van der Waals surface area contributed by atoms with Crippen LogP contribution in [0.2, 0.25) is 5.02 Å². The molecule has 2 aliphatic rings. The summed E-state index contributed by atoms with van der Waals surface area (Å²) in [5.74, 6) is 0.459. The lowest BCUT2D eigenvalue weighted by atomic mass is 10.0. The number of carbonyl (C=O) groups excluding carboxylic acids is 2. The maximum atomic E-state index is 13.3. The van der Waals surface area contributed by atoms with Crippen molar-refractivity contribution >= 4 is 46.9 Å². The van der Waals surface area contributed by atoms with Crippen LogP contribution in [-0.2, 0) is 9.59 Å². The topological polar surface area (TPSA) is 52.7 Å². The number of rotatable bonds is 7. The summed E-state index contributed by atoms with van der Waals surface area (Å²) in [5, 5.41) is 3.65. The molecule has 0 aromatic heterocycles. The van der Waals surface area contributed by atoms with E-state index in [1.54, 1.807) is 17.0 Å². The van der Waals surface area contributed by atoms with Crippen LogP contribution < -0.4 is 10.2 Å². The third-order valence-electron chi connectivity index (χ3n) is 6.02. The average Bonchev–Trinajstić information content (AvgIpc) is 2.81. The molecule has 0 bridgehead atoms. The van der Waals surface area contributed by atoms with Crippen LogP contribution >= 0.6 is 23.4 Å². The van der Waals surface area contributed by atoms with Crippen LogP contribution in [0.1, 0.15) is 31.7 Å². The van der Waals surface area contributed by atoms with E-state index >= 15 is 0 Å². The smallest absolute Gasteiger partial charge is 0.265 e. The number of benzene rings is 2. The highest BCUT2D eigenvalue weighted by molar-refractivity contribution is 8.04. The van der Waals surface area contributed by atoms with Gasteiger partial charge in [-0.3, -0.25) is 14.5 Å². The third kappa shape index (κ3) is 6.40. The number of nitrogens with one attached hydrogen (secondary N) is 1. The molecule has 0 saturated carbocycles. The number of para-hydroxylation sites is 1. The minimum atomic E-state index is -0.161. The summed E-state index contributed by atoms with van der Waals surface area (Å²) in [6.07, 6.45) is 5.34. The van der Waals surface area contributed by atoms with E-state index < -0.39 is 0 Å². The van der Waals surface area contributed by atoms with Crippen LogP contribution in [-0.4, -0.2) is 49.4 Å². The Labute approximate surface area is 205 Å². The van der Waals surface area contributed by atoms with Crippen LogP contribution in [0.3, 0.4) is 0 Å². The van der Waals surface area contributed by atoms with Gasteiger partial charge in [-0.15, -0.1) is 0 Å². The number of carbonyl (C=O) groups is 2. The standard InChI is InChI=1S/C26H30ClN3O2S/c1-19-6-4-14-29(17-19)15-5-13-28-25(31)18-30-22-7-2-3-8-23(22)33-24(26(30)32)16-20-9-11-21(27)12-10-20/h2-3,7-12,16,19H,4-6,13-15,17-18H2,1H3,(H,28,31)/b24-16+/t19-/m0/s1. The molecule has 2 amide bonds. The number of fused-ring (bicyclic) bond motifs is 1. The first-order chi connectivity index (χ1) is 16.0. The fraction of sp³-hybridized carbons (Fsp3) is 0.385. The van der Waals surface area contributed by atoms with Gasteiger partial charge in [0.1, 0.15) is 6.54 Å². The van der Waals surface area contributed by atoms with Crippen molar-refractivity contribution in [2.45, 2.75) is 31.1 Å². The van der Waals surface area contributed by atoms with Crippen molar-refractivity contribution in [3.63, 3.8) is 0 Å². The lowest BCUT2D eigenvalue weighted by Crippen LogP contribution is -2.43. The molecule has 5 nitrogen and oxygen atoms in total. The summed E-state index contributed by atoms with van der Waals surface area (Å²) in [7, 11) is 0. The molecular weight excluding hydrogens is 454 g/mol. The third-order valence-corrected chi connectivity index (χ3v) is 7.35. The second-order valence-corrected chi connectivity index (χ2v) is 10.3. The Kier molecular flexibility index (Phi) is 8.12. The molecule has 1 fully saturated rings. The molecule has 0 aliphatic carbocycles. The van der Waals surface area contributed by atoms with E-state index in [2.05, 4.69) is 17.1 Å². The minimum Gasteiger partial charge on any atom is -0.355 e. The monoisotopic (exact) mass is 483 g/mol. The molecule has 2 aromatic rings. The molecule has 33 heavy (non-hydrogen) atoms. The van der Waals surface area contributed by atoms with E-state index in [1.165, 1.54) is 24.6 Å². The van der Waals surface area contributed by atoms with Gasteiger partial charge in [-0.1, -0.05) is 54.6 Å². The summed E-state index contributed by atoms with van der Waals surface area (Å²) in [6.45, 7) is 6.23. The Morgan fingerprint density at radius 2 is 2.00 bits per heavy atom. The molecule has 4 rings (SSSR count). The summed E-state index contributed by atoms with van der Waals surface area (Å²) in [6, 6.07) is 15.1. The maximum Gasteiger partial charge on any atom is 0.265 e. The SMILES string of the molecule is C[C@H]1CCCN(CCCNC(=O)CN2C(=O)/C(=C\c3ccc(Cl)cc3)Sc3ccccc32)C1. The Bertz CT molecular complexity index is 1020. The second-order valence-electron chi connectivity index (χ2n) is 8.77. The van der Waals surface area contributed by atoms with Gasteiger partial charge in [-0.25, -0.2) is 0 Å². The molecule has 2 aromatic carbocycles. The molecule has 7 heteroatoms. The van der Waals surface area contributed by atoms with Gasteiger partial charge in [0, 0.05) is 23.0 Å². The minimum absolute atomic E-state index is 0.00904. The lowest BCUT2D eigenvalue weighted by Gasteiger charge is -2.31. The van der Waals surface area contributed by atoms with Crippen molar-refractivity contribution in [1.82, 2.24) is 10.2 Å². The zero-order chi connectivity index (χ0) is 23.2. The van der Waals surface area contributed by atoms with Gasteiger partial charge in [0.2, 0.25) is 5.91 Å². The highest BCUT2D eigenvalue weighted by atomic mass is 35.5. The lowest BCUT2D eigenvalue weighted by molar-refractivity contribution is -0.122. The molecule has 2 heterocycles. The first-order valence-corrected chi connectivity index (χ1v) is 12.7. The molecule has 2 aliphatic heterocycles. The quantitative estimate of drug-likeness (QED) is 0.442. The van der Waals surface area contributed by atoms with Gasteiger partial charge < -0.3 is 10.2 Å². The normalized spacial score (nSPS) is 20.1. The predicted molar refractivity (Wildman–Crippen MR) is 137 cm³/mol. The number of piperidine rings is 1. The van der Waals surface area contributed by atoms with E-state index in [0.717, 1.165) is 48.1 Å². The van der Waals surface area contributed by atoms with E-state index in [9.17, 15) is 9.59 Å². The molecular formula is C26H30ClN3O2S. The average molecular weight is 484 g/mol. The van der Waals surface area contributed by atoms with Gasteiger partial charge in [-0.2, -0.15) is 0 Å². The molecule has 1 N–H and O–H groups in total. The van der Waals surface area contributed by atoms with Gasteiger partial charge in [-0.05, 0) is 74.2 Å². The fourth-order valence-corrected chi connectivity index (χ4v) is 5.53. The van der Waals surface area contributed by atoms with Crippen LogP contribution in [0.15, 0.2) is 58.3 Å². The van der Waals surface area contributed by atoms with Crippen molar-refractivity contribution in [3.05, 3.63) is 64.0 Å². The molecule has 1 atom stereocenters. The van der Waals surface area contributed by atoms with Crippen LogP contribution in [0, 0.1) is 5.92 Å². The van der Waals surface area contributed by atoms with Crippen molar-refractivity contribution in [2.75, 3.05) is 37.6 Å². The van der Waals surface area contributed by atoms with Gasteiger partial charge in [0.15, 0.2) is 0 Å². The summed E-state index contributed by atoms with van der Waals surface area (Å²) >= 11 is 7.42. The molecule has 1 saturated heterocycles. The fourth-order valence-electron chi connectivity index (χ4n) is 4.35. The van der Waals surface area contributed by atoms with E-state index in [-0.39, 0.29) is 18.4 Å². The van der Waals surface area contributed by atoms with Gasteiger partial charge in [0.25, 0.3) is 5.91 Å². The summed E-state index contributed by atoms with van der Waals surface area (Å²) in [5.41, 5.74) is 1.67. The molecule has 0 unspecified atom stereocenters. The molecule has 0 radical (unpaired) electrons. The number of thioether (sulfide) groups is 1. The number of amides is 2. The van der Waals surface area contributed by atoms with E-state index in [4.69, 9.17) is 11.6 Å². The number of anilines is 1. The number of hydrogen-bond donors (Lipinski definition) is 1. The zero-order valence-corrected chi connectivity index (χ0v) is 20.5. The highest BCUT2D eigenvalue weighted by Crippen LogP contribution is 2.41. The van der Waals surface area contributed by atoms with E-state index in [1.807, 2.05) is 42.5 Å². The summed E-state index contributed by atoms with van der Waals surface area (Å²) < 4.78 is 0. The van der Waals surface area contributed by atoms with Crippen LogP contribution in [0.5, 0.6) is 0 Å². The Hall–Kier alpha value is -2.28. The van der Waals surface area contributed by atoms with Crippen LogP contribution in [0.25, 0.3) is 6.08 Å². The highest BCUT2D eigenvalue weighted by Gasteiger charge is 2.30. The number of likely N-dealkylation sites (tertiary alicyclic amines) is 1. The van der Waals surface area contributed by atoms with Crippen LogP contribution in [0.4, 0.5) is 5.69 Å². The van der Waals surface area contributed by atoms with Crippen molar-refractivity contribution in [1.29, 1.82) is 0 Å². The Balaban J connectivity index is 1.38. The maximum absolute atomic E-state index is 13.3. The molecule has 0 spiro atoms. The van der Waals surface area contributed by atoms with Crippen molar-refractivity contribution in [3.8, 4) is 0 Å². The van der Waals surface area contributed by atoms with Gasteiger partial charge >= 0.3 is 0 Å². The largest absolute Gasteiger partial charge is 0.355 e. The van der Waals surface area contributed by atoms with E-state index in [0.29, 0.717) is 16.5 Å². The second kappa shape index (κ2) is 11.2. The van der Waals surface area contributed by atoms with Gasteiger partial charge in [0.05, 0.1) is 10.6 Å². The Morgan fingerprint density at radius 1 is 1.21 bits per heavy atom. The first kappa shape index (κ1) is 23.9. The number of nitrogens with zero attached hydrogens (tertiary/aromatic N) is 2. The molecule has 174 valence electrons. The predicted octanol–water partition coefficient (Wildman–Crippen LogP) is 5.06. The zero-order valence-electron chi connectivity index (χ0n) is 18.9. The Morgan fingerprint density at radius 3 is 2.79 bits per heavy atom.